The van der Waals surface area contributed by atoms with Crippen LogP contribution in [-0.4, -0.2) is 15.6 Å². The second-order valence-corrected chi connectivity index (χ2v) is 4.13. The number of aromatic carboxylic acids is 1. The van der Waals surface area contributed by atoms with Crippen molar-refractivity contribution >= 4 is 16.7 Å². The van der Waals surface area contributed by atoms with E-state index in [9.17, 15) is 9.59 Å². The van der Waals surface area contributed by atoms with Gasteiger partial charge < -0.3 is 5.11 Å². The summed E-state index contributed by atoms with van der Waals surface area (Å²) in [4.78, 5) is 23.4. The van der Waals surface area contributed by atoms with Crippen LogP contribution >= 0.6 is 0 Å². The highest BCUT2D eigenvalue weighted by Gasteiger charge is 2.13. The van der Waals surface area contributed by atoms with Gasteiger partial charge in [0, 0.05) is 11.9 Å². The number of hydrogen-bond donors (Lipinski definition) is 1. The number of carbonyl (C=O) groups is 1. The normalized spacial score (nSPS) is 10.5. The van der Waals surface area contributed by atoms with Gasteiger partial charge in [-0.3, -0.25) is 9.36 Å². The molecule has 0 aliphatic rings. The molecule has 2 aromatic rings. The van der Waals surface area contributed by atoms with Crippen molar-refractivity contribution in [1.82, 2.24) is 4.57 Å². The van der Waals surface area contributed by atoms with Crippen molar-refractivity contribution in [3.63, 3.8) is 0 Å². The minimum atomic E-state index is -1.11. The molecule has 0 aliphatic carbocycles. The molecule has 2 rings (SSSR count). The molecule has 0 saturated heterocycles. The molecule has 4 heteroatoms. The number of allylic oxidation sites excluding steroid dienone is 1. The molecule has 0 saturated carbocycles. The minimum Gasteiger partial charge on any atom is -0.477 e. The Bertz CT molecular complexity index is 698. The smallest absolute Gasteiger partial charge is 0.352 e. The number of carboxylic acids is 1. The zero-order chi connectivity index (χ0) is 13.3. The Kier molecular flexibility index (Phi) is 3.02. The third-order valence-corrected chi connectivity index (χ3v) is 2.80. The van der Waals surface area contributed by atoms with Crippen LogP contribution in [0.1, 0.15) is 16.1 Å². The van der Waals surface area contributed by atoms with Crippen molar-refractivity contribution in [2.24, 2.45) is 0 Å². The Labute approximate surface area is 104 Å². The summed E-state index contributed by atoms with van der Waals surface area (Å²) >= 11 is 0. The van der Waals surface area contributed by atoms with Gasteiger partial charge in [-0.1, -0.05) is 23.8 Å². The summed E-state index contributed by atoms with van der Waals surface area (Å²) in [5.41, 5.74) is 0.669. The number of rotatable bonds is 3. The predicted octanol–water partition coefficient (Wildman–Crippen LogP) is 2.19. The first kappa shape index (κ1) is 12.1. The first-order valence-electron chi connectivity index (χ1n) is 5.53. The molecule has 18 heavy (non-hydrogen) atoms. The van der Waals surface area contributed by atoms with Gasteiger partial charge in [0.25, 0.3) is 5.56 Å². The van der Waals surface area contributed by atoms with Crippen molar-refractivity contribution in [3.8, 4) is 0 Å². The van der Waals surface area contributed by atoms with Crippen molar-refractivity contribution < 1.29 is 9.90 Å². The molecule has 0 fully saturated rings. The topological polar surface area (TPSA) is 59.3 Å². The van der Waals surface area contributed by atoms with E-state index in [1.54, 1.807) is 12.1 Å². The van der Waals surface area contributed by atoms with E-state index in [0.29, 0.717) is 10.8 Å². The van der Waals surface area contributed by atoms with Gasteiger partial charge in [0.15, 0.2) is 0 Å². The van der Waals surface area contributed by atoms with E-state index in [4.69, 9.17) is 5.11 Å². The second kappa shape index (κ2) is 4.49. The number of benzene rings is 1. The van der Waals surface area contributed by atoms with E-state index < -0.39 is 5.97 Å². The van der Waals surface area contributed by atoms with E-state index >= 15 is 0 Å². The fraction of sp³-hybridized carbons (Fsp3) is 0.143. The van der Waals surface area contributed by atoms with Gasteiger partial charge in [0.05, 0.1) is 0 Å². The molecule has 1 N–H and O–H groups in total. The summed E-state index contributed by atoms with van der Waals surface area (Å²) in [6, 6.07) is 6.89. The summed E-state index contributed by atoms with van der Waals surface area (Å²) in [6.45, 7) is 5.62. The zero-order valence-electron chi connectivity index (χ0n) is 10.0. The van der Waals surface area contributed by atoms with Crippen LogP contribution in [-0.2, 0) is 6.54 Å². The molecule has 0 amide bonds. The SMILES string of the molecule is C=CCn1c(C(=O)O)cc2cc(C)ccc2c1=O. The first-order chi connectivity index (χ1) is 8.54. The van der Waals surface area contributed by atoms with Crippen LogP contribution < -0.4 is 5.56 Å². The van der Waals surface area contributed by atoms with Crippen LogP contribution in [0, 0.1) is 6.92 Å². The lowest BCUT2D eigenvalue weighted by Crippen LogP contribution is -2.25. The third-order valence-electron chi connectivity index (χ3n) is 2.80. The second-order valence-electron chi connectivity index (χ2n) is 4.13. The fourth-order valence-electron chi connectivity index (χ4n) is 1.96. The average Bonchev–Trinajstić information content (AvgIpc) is 2.32. The van der Waals surface area contributed by atoms with E-state index in [0.717, 1.165) is 5.56 Å². The van der Waals surface area contributed by atoms with Crippen molar-refractivity contribution in [2.45, 2.75) is 13.5 Å². The number of carboxylic acid groups (broad SMARTS) is 1. The number of fused-ring (bicyclic) bond motifs is 1. The Morgan fingerprint density at radius 2 is 2.17 bits per heavy atom. The first-order valence-corrected chi connectivity index (χ1v) is 5.53. The molecular weight excluding hydrogens is 230 g/mol. The van der Waals surface area contributed by atoms with E-state index in [1.165, 1.54) is 16.7 Å². The molecular formula is C14H13NO3. The summed E-state index contributed by atoms with van der Waals surface area (Å²) in [5, 5.41) is 10.3. The summed E-state index contributed by atoms with van der Waals surface area (Å²) in [7, 11) is 0. The number of hydrogen-bond acceptors (Lipinski definition) is 2. The largest absolute Gasteiger partial charge is 0.477 e. The number of pyridine rings is 1. The number of aryl methyl sites for hydroxylation is 1. The maximum Gasteiger partial charge on any atom is 0.352 e. The summed E-state index contributed by atoms with van der Waals surface area (Å²) in [6.07, 6.45) is 1.51. The van der Waals surface area contributed by atoms with Crippen molar-refractivity contribution in [1.29, 1.82) is 0 Å². The van der Waals surface area contributed by atoms with Crippen molar-refractivity contribution in [3.05, 3.63) is 58.5 Å². The molecule has 0 spiro atoms. The Balaban J connectivity index is 2.89. The fourth-order valence-corrected chi connectivity index (χ4v) is 1.96. The van der Waals surface area contributed by atoms with Gasteiger partial charge in [-0.05, 0) is 24.4 Å². The molecule has 1 aromatic carbocycles. The van der Waals surface area contributed by atoms with Crippen LogP contribution in [0.25, 0.3) is 10.8 Å². The van der Waals surface area contributed by atoms with Crippen LogP contribution in [0.5, 0.6) is 0 Å². The van der Waals surface area contributed by atoms with Crippen LogP contribution in [0.4, 0.5) is 0 Å². The lowest BCUT2D eigenvalue weighted by atomic mass is 10.1. The lowest BCUT2D eigenvalue weighted by Gasteiger charge is -2.09. The van der Waals surface area contributed by atoms with Gasteiger partial charge in [-0.15, -0.1) is 6.58 Å². The molecule has 0 bridgehead atoms. The molecule has 0 unspecified atom stereocenters. The highest BCUT2D eigenvalue weighted by atomic mass is 16.4. The molecule has 4 nitrogen and oxygen atoms in total. The van der Waals surface area contributed by atoms with Crippen LogP contribution in [0.2, 0.25) is 0 Å². The molecule has 0 aliphatic heterocycles. The average molecular weight is 243 g/mol. The van der Waals surface area contributed by atoms with Gasteiger partial charge in [0.2, 0.25) is 0 Å². The lowest BCUT2D eigenvalue weighted by molar-refractivity contribution is 0.0684. The molecule has 1 heterocycles. The maximum absolute atomic E-state index is 12.2. The van der Waals surface area contributed by atoms with E-state index in [1.807, 2.05) is 13.0 Å². The van der Waals surface area contributed by atoms with Gasteiger partial charge in [-0.2, -0.15) is 0 Å². The number of nitrogens with zero attached hydrogens (tertiary/aromatic N) is 1. The predicted molar refractivity (Wildman–Crippen MR) is 70.1 cm³/mol. The molecule has 1 aromatic heterocycles. The van der Waals surface area contributed by atoms with Crippen LogP contribution in [0.15, 0.2) is 41.7 Å². The Hall–Kier alpha value is -2.36. The molecule has 0 radical (unpaired) electrons. The maximum atomic E-state index is 12.2. The van der Waals surface area contributed by atoms with Gasteiger partial charge in [-0.25, -0.2) is 4.79 Å². The summed E-state index contributed by atoms with van der Waals surface area (Å²) in [5.74, 6) is -1.11. The van der Waals surface area contributed by atoms with Gasteiger partial charge >= 0.3 is 5.97 Å². The van der Waals surface area contributed by atoms with Crippen LogP contribution in [0.3, 0.4) is 0 Å². The molecule has 92 valence electrons. The zero-order valence-corrected chi connectivity index (χ0v) is 10.0. The third kappa shape index (κ3) is 1.93. The summed E-state index contributed by atoms with van der Waals surface area (Å²) < 4.78 is 1.22. The quantitative estimate of drug-likeness (QED) is 0.841. The highest BCUT2D eigenvalue weighted by Crippen LogP contribution is 2.14. The molecule has 0 atom stereocenters. The minimum absolute atomic E-state index is 0.0157. The van der Waals surface area contributed by atoms with E-state index in [2.05, 4.69) is 6.58 Å². The highest BCUT2D eigenvalue weighted by molar-refractivity contribution is 5.92. The van der Waals surface area contributed by atoms with Gasteiger partial charge in [0.1, 0.15) is 5.69 Å². The van der Waals surface area contributed by atoms with Crippen molar-refractivity contribution in [2.75, 3.05) is 0 Å². The Morgan fingerprint density at radius 3 is 2.78 bits per heavy atom. The standard InChI is InChI=1S/C14H13NO3/c1-3-6-15-12(14(17)18)8-10-7-9(2)4-5-11(10)13(15)16/h3-5,7-8H,1,6H2,2H3,(H,17,18). The van der Waals surface area contributed by atoms with E-state index in [-0.39, 0.29) is 17.8 Å². The monoisotopic (exact) mass is 243 g/mol. The number of aromatic nitrogens is 1. The Morgan fingerprint density at radius 1 is 1.44 bits per heavy atom.